The van der Waals surface area contributed by atoms with Gasteiger partial charge in [0, 0.05) is 33.4 Å². The van der Waals surface area contributed by atoms with Gasteiger partial charge in [-0.2, -0.15) is 4.98 Å². The van der Waals surface area contributed by atoms with Crippen LogP contribution in [0.15, 0.2) is 23.2 Å². The zero-order chi connectivity index (χ0) is 21.1. The third-order valence-electron chi connectivity index (χ3n) is 3.74. The van der Waals surface area contributed by atoms with Crippen molar-refractivity contribution < 1.29 is 33.7 Å². The van der Waals surface area contributed by atoms with Gasteiger partial charge in [-0.15, -0.1) is 9.72 Å². The molecule has 1 aliphatic rings. The number of amides is 2. The topological polar surface area (TPSA) is 137 Å². The highest BCUT2D eigenvalue weighted by molar-refractivity contribution is 5.83. The molecule has 0 fully saturated rings. The van der Waals surface area contributed by atoms with Gasteiger partial charge in [-0.3, -0.25) is 5.32 Å². The molecule has 0 atom stereocenters. The molecule has 2 heterocycles. The van der Waals surface area contributed by atoms with E-state index in [-0.39, 0.29) is 37.9 Å². The summed E-state index contributed by atoms with van der Waals surface area (Å²) in [5.74, 6) is 0.339. The number of nitrogens with zero attached hydrogens (tertiary/aromatic N) is 4. The van der Waals surface area contributed by atoms with Crippen LogP contribution in [0.2, 0.25) is 0 Å². The van der Waals surface area contributed by atoms with Gasteiger partial charge in [-0.1, -0.05) is 12.2 Å². The van der Waals surface area contributed by atoms with Gasteiger partial charge in [0.15, 0.2) is 5.82 Å². The van der Waals surface area contributed by atoms with E-state index in [2.05, 4.69) is 15.3 Å². The molecule has 0 saturated carbocycles. The normalized spacial score (nSPS) is 14.0. The van der Waals surface area contributed by atoms with Crippen molar-refractivity contribution in [3.63, 3.8) is 0 Å². The number of aromatic nitrogens is 2. The Morgan fingerprint density at radius 3 is 2.55 bits per heavy atom. The molecule has 2 rings (SSSR count). The number of carbonyl (C=O) groups is 2. The number of methoxy groups -OCH3 is 2. The number of anilines is 2. The number of hydrogen-bond donors (Lipinski definition) is 2. The Balaban J connectivity index is 2.29. The summed E-state index contributed by atoms with van der Waals surface area (Å²) in [5.41, 5.74) is -0.355. The van der Waals surface area contributed by atoms with Crippen molar-refractivity contribution in [3.8, 4) is 0 Å². The van der Waals surface area contributed by atoms with Crippen molar-refractivity contribution >= 4 is 23.8 Å². The van der Waals surface area contributed by atoms with Gasteiger partial charge in [-0.05, 0) is 6.42 Å². The predicted molar refractivity (Wildman–Crippen MR) is 101 cm³/mol. The molecular formula is C17H25N5O7. The monoisotopic (exact) mass is 411 g/mol. The lowest BCUT2D eigenvalue weighted by Crippen LogP contribution is -2.34. The number of rotatable bonds is 8. The fourth-order valence-corrected chi connectivity index (χ4v) is 2.33. The van der Waals surface area contributed by atoms with Gasteiger partial charge < -0.3 is 29.1 Å². The first-order chi connectivity index (χ1) is 14.0. The van der Waals surface area contributed by atoms with Crippen LogP contribution in [0.5, 0.6) is 0 Å². The van der Waals surface area contributed by atoms with Gasteiger partial charge in [0.2, 0.25) is 0 Å². The molecule has 1 aromatic heterocycles. The molecule has 1 aromatic rings. The summed E-state index contributed by atoms with van der Waals surface area (Å²) in [4.78, 5) is 33.6. The Kier molecular flexibility index (Phi) is 8.92. The molecule has 0 unspecified atom stereocenters. The summed E-state index contributed by atoms with van der Waals surface area (Å²) in [6, 6.07) is 1.45. The van der Waals surface area contributed by atoms with Gasteiger partial charge in [0.05, 0.1) is 13.2 Å². The van der Waals surface area contributed by atoms with Gasteiger partial charge >= 0.3 is 12.2 Å². The third kappa shape index (κ3) is 7.08. The number of hydrogen-bond acceptors (Lipinski definition) is 9. The highest BCUT2D eigenvalue weighted by Gasteiger charge is 2.16. The lowest BCUT2D eigenvalue weighted by atomic mass is 10.2. The maximum Gasteiger partial charge on any atom is 0.437 e. The van der Waals surface area contributed by atoms with E-state index in [4.69, 9.17) is 18.9 Å². The second-order valence-electron chi connectivity index (χ2n) is 5.79. The van der Waals surface area contributed by atoms with Crippen molar-refractivity contribution in [2.24, 2.45) is 4.99 Å². The van der Waals surface area contributed by atoms with Gasteiger partial charge in [0.25, 0.3) is 5.62 Å². The molecule has 0 radical (unpaired) electrons. The molecule has 0 bridgehead atoms. The maximum absolute atomic E-state index is 11.9. The Hall–Kier alpha value is -3.12. The number of ether oxygens (including phenoxy) is 4. The molecule has 0 saturated heterocycles. The minimum Gasteiger partial charge on any atom is -0.447 e. The Morgan fingerprint density at radius 1 is 1.17 bits per heavy atom. The Bertz CT molecular complexity index is 793. The summed E-state index contributed by atoms with van der Waals surface area (Å²) in [5, 5.41) is 12.7. The van der Waals surface area contributed by atoms with Crippen LogP contribution in [-0.4, -0.2) is 80.8 Å². The summed E-state index contributed by atoms with van der Waals surface area (Å²) in [6.45, 7) is 1.71. The van der Waals surface area contributed by atoms with Crippen LogP contribution in [0.4, 0.5) is 21.2 Å². The molecule has 0 spiro atoms. The van der Waals surface area contributed by atoms with Crippen LogP contribution in [0.3, 0.4) is 0 Å². The molecular weight excluding hydrogens is 386 g/mol. The average molecular weight is 411 g/mol. The van der Waals surface area contributed by atoms with Crippen molar-refractivity contribution in [1.82, 2.24) is 9.71 Å². The lowest BCUT2D eigenvalue weighted by molar-refractivity contribution is 0.103. The first kappa shape index (κ1) is 22.2. The van der Waals surface area contributed by atoms with E-state index in [1.807, 2.05) is 17.1 Å². The zero-order valence-electron chi connectivity index (χ0n) is 16.4. The van der Waals surface area contributed by atoms with Crippen LogP contribution in [0.1, 0.15) is 6.42 Å². The lowest BCUT2D eigenvalue weighted by Gasteiger charge is -2.25. The largest absolute Gasteiger partial charge is 0.447 e. The number of nitrogens with one attached hydrogen (secondary N) is 1. The molecule has 2 N–H and O–H groups in total. The van der Waals surface area contributed by atoms with E-state index in [0.29, 0.717) is 23.6 Å². The minimum absolute atomic E-state index is 0.00218. The first-order valence-electron chi connectivity index (χ1n) is 8.91. The molecule has 12 nitrogen and oxygen atoms in total. The molecule has 1 aliphatic heterocycles. The quantitative estimate of drug-likeness (QED) is 0.361. The fraction of sp³-hybridized carbons (Fsp3) is 0.529. The maximum atomic E-state index is 11.9. The van der Waals surface area contributed by atoms with Gasteiger partial charge in [-0.25, -0.2) is 9.59 Å². The average Bonchev–Trinajstić information content (AvgIpc) is 2.72. The molecule has 160 valence electrons. The second kappa shape index (κ2) is 11.7. The summed E-state index contributed by atoms with van der Waals surface area (Å²) in [7, 11) is 2.94. The van der Waals surface area contributed by atoms with E-state index in [9.17, 15) is 14.8 Å². The van der Waals surface area contributed by atoms with Crippen molar-refractivity contribution in [3.05, 3.63) is 23.8 Å². The van der Waals surface area contributed by atoms with E-state index in [1.54, 1.807) is 0 Å². The smallest absolute Gasteiger partial charge is 0.437 e. The minimum atomic E-state index is -0.957. The molecule has 0 aliphatic carbocycles. The SMILES string of the molecule is COCCOC(=O)N=c1nc(N2CC=CCC2)cc(NC(=O)OCCOC)n1O. The summed E-state index contributed by atoms with van der Waals surface area (Å²) < 4.78 is 19.9. The fourth-order valence-electron chi connectivity index (χ4n) is 2.33. The number of carbonyl (C=O) groups excluding carboxylic acids is 2. The van der Waals surface area contributed by atoms with Crippen molar-refractivity contribution in [2.75, 3.05) is 64.0 Å². The first-order valence-corrected chi connectivity index (χ1v) is 8.91. The molecule has 12 heteroatoms. The van der Waals surface area contributed by atoms with E-state index < -0.39 is 12.2 Å². The predicted octanol–water partition coefficient (Wildman–Crippen LogP) is 0.765. The van der Waals surface area contributed by atoms with E-state index in [0.717, 1.165) is 6.42 Å². The second-order valence-corrected chi connectivity index (χ2v) is 5.79. The highest BCUT2D eigenvalue weighted by atomic mass is 16.6. The van der Waals surface area contributed by atoms with Gasteiger partial charge in [0.1, 0.15) is 19.0 Å². The van der Waals surface area contributed by atoms with Crippen molar-refractivity contribution in [1.29, 1.82) is 0 Å². The molecule has 0 aromatic carbocycles. The molecule has 2 amide bonds. The molecule has 29 heavy (non-hydrogen) atoms. The zero-order valence-corrected chi connectivity index (χ0v) is 16.4. The van der Waals surface area contributed by atoms with E-state index in [1.165, 1.54) is 20.3 Å². The van der Waals surface area contributed by atoms with E-state index >= 15 is 0 Å². The summed E-state index contributed by atoms with van der Waals surface area (Å²) in [6.07, 6.45) is 3.04. The van der Waals surface area contributed by atoms with Crippen molar-refractivity contribution in [2.45, 2.75) is 6.42 Å². The van der Waals surface area contributed by atoms with Crippen LogP contribution < -0.4 is 15.8 Å². The summed E-state index contributed by atoms with van der Waals surface area (Å²) >= 11 is 0. The van der Waals surface area contributed by atoms with Crippen LogP contribution in [-0.2, 0) is 18.9 Å². The Labute approximate surface area is 167 Å². The highest BCUT2D eigenvalue weighted by Crippen LogP contribution is 2.16. The Morgan fingerprint density at radius 2 is 1.90 bits per heavy atom. The van der Waals surface area contributed by atoms with Crippen LogP contribution in [0, 0.1) is 0 Å². The van der Waals surface area contributed by atoms with Crippen LogP contribution >= 0.6 is 0 Å². The van der Waals surface area contributed by atoms with Crippen LogP contribution in [0.25, 0.3) is 0 Å². The standard InChI is InChI=1S/C17H25N5O7/c1-26-8-10-28-16(23)19-14-12-13(21-6-4-3-5-7-21)18-15(22(14)25)20-17(24)29-11-9-27-2/h3-4,12,25H,5-11H2,1-2H3,(H,19,23). The third-order valence-corrected chi connectivity index (χ3v) is 3.74.